The Bertz CT molecular complexity index is 1220. The molecule has 3 aromatic carbocycles. The summed E-state index contributed by atoms with van der Waals surface area (Å²) in [5.74, 6) is -0.607. The van der Waals surface area contributed by atoms with Gasteiger partial charge in [-0.3, -0.25) is 9.36 Å². The second-order valence-corrected chi connectivity index (χ2v) is 7.80. The van der Waals surface area contributed by atoms with Crippen LogP contribution in [0, 0.1) is 0 Å². The van der Waals surface area contributed by atoms with Gasteiger partial charge >= 0.3 is 5.97 Å². The molecule has 4 aromatic rings. The van der Waals surface area contributed by atoms with Crippen molar-refractivity contribution in [3.8, 4) is 16.9 Å². The van der Waals surface area contributed by atoms with Gasteiger partial charge in [0.25, 0.3) is 0 Å². The highest BCUT2D eigenvalue weighted by Crippen LogP contribution is 2.27. The summed E-state index contributed by atoms with van der Waals surface area (Å²) in [6.45, 7) is 0. The first-order chi connectivity index (χ1) is 15.7. The molecule has 0 unspecified atom stereocenters. The van der Waals surface area contributed by atoms with Crippen molar-refractivity contribution in [3.63, 3.8) is 0 Å². The lowest BCUT2D eigenvalue weighted by atomic mass is 10.2. The Balaban J connectivity index is 1.55. The number of methoxy groups -OCH3 is 1. The molecule has 1 N–H and O–H groups in total. The molecule has 0 aliphatic rings. The van der Waals surface area contributed by atoms with Gasteiger partial charge in [-0.1, -0.05) is 72.4 Å². The molecule has 0 fully saturated rings. The SMILES string of the molecule is COC(=O)c1ccccc1NC(=O)CSc1nc(-c2ccccc2)cn1-c1ccccc1. The second-order valence-electron chi connectivity index (χ2n) is 6.85. The number of ether oxygens (including phenoxy) is 1. The van der Waals surface area contributed by atoms with Crippen LogP contribution in [0.1, 0.15) is 10.4 Å². The molecule has 1 heterocycles. The standard InChI is InChI=1S/C25H21N3O3S/c1-31-24(30)20-14-8-9-15-21(20)26-23(29)17-32-25-27-22(18-10-4-2-5-11-18)16-28(25)19-12-6-3-7-13-19/h2-16H,17H2,1H3,(H,26,29). The monoisotopic (exact) mass is 443 g/mol. The maximum absolute atomic E-state index is 12.7. The molecular weight excluding hydrogens is 422 g/mol. The molecule has 0 radical (unpaired) electrons. The normalized spacial score (nSPS) is 10.5. The Morgan fingerprint density at radius 3 is 2.31 bits per heavy atom. The van der Waals surface area contributed by atoms with Gasteiger partial charge in [-0.15, -0.1) is 0 Å². The fraction of sp³-hybridized carbons (Fsp3) is 0.0800. The van der Waals surface area contributed by atoms with Crippen LogP contribution in [-0.2, 0) is 9.53 Å². The number of carbonyl (C=O) groups excluding carboxylic acids is 2. The molecule has 0 aliphatic heterocycles. The molecule has 0 spiro atoms. The highest BCUT2D eigenvalue weighted by atomic mass is 32.2. The van der Waals surface area contributed by atoms with Gasteiger partial charge in [-0.05, 0) is 24.3 Å². The Morgan fingerprint density at radius 1 is 0.938 bits per heavy atom. The van der Waals surface area contributed by atoms with Crippen molar-refractivity contribution in [3.05, 3.63) is 96.7 Å². The van der Waals surface area contributed by atoms with Gasteiger partial charge in [0, 0.05) is 17.4 Å². The summed E-state index contributed by atoms with van der Waals surface area (Å²) in [4.78, 5) is 29.4. The van der Waals surface area contributed by atoms with Crippen LogP contribution in [-0.4, -0.2) is 34.3 Å². The van der Waals surface area contributed by atoms with Crippen LogP contribution in [0.3, 0.4) is 0 Å². The second kappa shape index (κ2) is 9.98. The highest BCUT2D eigenvalue weighted by molar-refractivity contribution is 7.99. The minimum atomic E-state index is -0.499. The van der Waals surface area contributed by atoms with Gasteiger partial charge in [0.1, 0.15) is 0 Å². The first-order valence-electron chi connectivity index (χ1n) is 9.96. The number of nitrogens with one attached hydrogen (secondary N) is 1. The van der Waals surface area contributed by atoms with E-state index in [2.05, 4.69) is 5.32 Å². The van der Waals surface area contributed by atoms with Crippen molar-refractivity contribution >= 4 is 29.3 Å². The van der Waals surface area contributed by atoms with Crippen LogP contribution in [0.15, 0.2) is 96.3 Å². The third-order valence-electron chi connectivity index (χ3n) is 4.72. The zero-order valence-corrected chi connectivity index (χ0v) is 18.2. The van der Waals surface area contributed by atoms with E-state index in [9.17, 15) is 9.59 Å². The Morgan fingerprint density at radius 2 is 1.59 bits per heavy atom. The number of rotatable bonds is 7. The number of esters is 1. The summed E-state index contributed by atoms with van der Waals surface area (Å²) < 4.78 is 6.76. The number of carbonyl (C=O) groups is 2. The van der Waals surface area contributed by atoms with E-state index in [1.807, 2.05) is 71.4 Å². The van der Waals surface area contributed by atoms with E-state index in [1.54, 1.807) is 24.3 Å². The first-order valence-corrected chi connectivity index (χ1v) is 10.9. The molecule has 160 valence electrons. The van der Waals surface area contributed by atoms with Crippen LogP contribution >= 0.6 is 11.8 Å². The van der Waals surface area contributed by atoms with Gasteiger partial charge in [0.2, 0.25) is 5.91 Å². The zero-order chi connectivity index (χ0) is 22.3. The van der Waals surface area contributed by atoms with Gasteiger partial charge in [-0.2, -0.15) is 0 Å². The number of nitrogens with zero attached hydrogens (tertiary/aromatic N) is 2. The molecule has 4 rings (SSSR count). The predicted octanol–water partition coefficient (Wildman–Crippen LogP) is 5.06. The largest absolute Gasteiger partial charge is 0.465 e. The number of anilines is 1. The topological polar surface area (TPSA) is 73.2 Å². The summed E-state index contributed by atoms with van der Waals surface area (Å²) in [5, 5.41) is 3.50. The summed E-state index contributed by atoms with van der Waals surface area (Å²) in [5.41, 5.74) is 3.52. The fourth-order valence-corrected chi connectivity index (χ4v) is 3.98. The number of imidazole rings is 1. The third-order valence-corrected chi connectivity index (χ3v) is 5.67. The molecule has 0 saturated carbocycles. The molecule has 32 heavy (non-hydrogen) atoms. The Hall–Kier alpha value is -3.84. The van der Waals surface area contributed by atoms with Crippen LogP contribution in [0.5, 0.6) is 0 Å². The molecule has 1 aromatic heterocycles. The quantitative estimate of drug-likeness (QED) is 0.319. The average molecular weight is 444 g/mol. The number of benzene rings is 3. The number of thioether (sulfide) groups is 1. The summed E-state index contributed by atoms with van der Waals surface area (Å²) >= 11 is 1.33. The van der Waals surface area contributed by atoms with E-state index < -0.39 is 5.97 Å². The maximum atomic E-state index is 12.7. The molecule has 0 bridgehead atoms. The van der Waals surface area contributed by atoms with E-state index in [4.69, 9.17) is 9.72 Å². The smallest absolute Gasteiger partial charge is 0.339 e. The van der Waals surface area contributed by atoms with Crippen molar-refractivity contribution in [2.75, 3.05) is 18.2 Å². The lowest BCUT2D eigenvalue weighted by Gasteiger charge is -2.10. The number of hydrogen-bond donors (Lipinski definition) is 1. The fourth-order valence-electron chi connectivity index (χ4n) is 3.18. The Labute approximate surface area is 190 Å². The molecule has 0 saturated heterocycles. The van der Waals surface area contributed by atoms with Crippen molar-refractivity contribution in [1.29, 1.82) is 0 Å². The minimum absolute atomic E-state index is 0.133. The van der Waals surface area contributed by atoms with Gasteiger partial charge in [0.05, 0.1) is 29.8 Å². The molecular formula is C25H21N3O3S. The first kappa shape index (κ1) is 21.4. The summed E-state index contributed by atoms with van der Waals surface area (Å²) in [6, 6.07) is 26.5. The van der Waals surface area contributed by atoms with E-state index in [1.165, 1.54) is 18.9 Å². The Kier molecular flexibility index (Phi) is 6.67. The molecule has 0 atom stereocenters. The lowest BCUT2D eigenvalue weighted by Crippen LogP contribution is -2.17. The molecule has 6 nitrogen and oxygen atoms in total. The van der Waals surface area contributed by atoms with Crippen molar-refractivity contribution in [2.24, 2.45) is 0 Å². The molecule has 0 aliphatic carbocycles. The van der Waals surface area contributed by atoms with Crippen molar-refractivity contribution < 1.29 is 14.3 Å². The van der Waals surface area contributed by atoms with E-state index in [-0.39, 0.29) is 11.7 Å². The van der Waals surface area contributed by atoms with Crippen molar-refractivity contribution in [2.45, 2.75) is 5.16 Å². The highest BCUT2D eigenvalue weighted by Gasteiger charge is 2.16. The number of hydrogen-bond acceptors (Lipinski definition) is 5. The van der Waals surface area contributed by atoms with E-state index in [0.29, 0.717) is 16.4 Å². The number of amides is 1. The van der Waals surface area contributed by atoms with Crippen molar-refractivity contribution in [1.82, 2.24) is 9.55 Å². The summed E-state index contributed by atoms with van der Waals surface area (Å²) in [6.07, 6.45) is 1.97. The van der Waals surface area contributed by atoms with E-state index in [0.717, 1.165) is 16.9 Å². The number of aromatic nitrogens is 2. The maximum Gasteiger partial charge on any atom is 0.339 e. The van der Waals surface area contributed by atoms with Gasteiger partial charge in [-0.25, -0.2) is 9.78 Å². The summed E-state index contributed by atoms with van der Waals surface area (Å²) in [7, 11) is 1.31. The van der Waals surface area contributed by atoms with E-state index >= 15 is 0 Å². The predicted molar refractivity (Wildman–Crippen MR) is 126 cm³/mol. The average Bonchev–Trinajstić information content (AvgIpc) is 3.28. The number of para-hydroxylation sites is 2. The minimum Gasteiger partial charge on any atom is -0.465 e. The van der Waals surface area contributed by atoms with Crippen LogP contribution in [0.2, 0.25) is 0 Å². The molecule has 7 heteroatoms. The lowest BCUT2D eigenvalue weighted by molar-refractivity contribution is -0.113. The van der Waals surface area contributed by atoms with Crippen LogP contribution in [0.4, 0.5) is 5.69 Å². The van der Waals surface area contributed by atoms with Gasteiger partial charge < -0.3 is 10.1 Å². The van der Waals surface area contributed by atoms with Crippen LogP contribution < -0.4 is 5.32 Å². The molecule has 1 amide bonds. The zero-order valence-electron chi connectivity index (χ0n) is 17.4. The van der Waals surface area contributed by atoms with Crippen LogP contribution in [0.25, 0.3) is 16.9 Å². The third kappa shape index (κ3) is 4.90. The van der Waals surface area contributed by atoms with Gasteiger partial charge in [0.15, 0.2) is 5.16 Å².